The van der Waals surface area contributed by atoms with Gasteiger partial charge in [0.05, 0.1) is 17.2 Å². The first-order valence-electron chi connectivity index (χ1n) is 7.33. The van der Waals surface area contributed by atoms with Crippen LogP contribution in [0, 0.1) is 0 Å². The Morgan fingerprint density at radius 2 is 2.30 bits per heavy atom. The van der Waals surface area contributed by atoms with Crippen molar-refractivity contribution >= 4 is 22.7 Å². The van der Waals surface area contributed by atoms with Crippen molar-refractivity contribution in [1.29, 1.82) is 0 Å². The fourth-order valence-electron chi connectivity index (χ4n) is 2.81. The zero-order chi connectivity index (χ0) is 13.9. The van der Waals surface area contributed by atoms with Crippen molar-refractivity contribution in [2.45, 2.75) is 39.2 Å². The molecule has 106 valence electrons. The van der Waals surface area contributed by atoms with E-state index >= 15 is 0 Å². The van der Waals surface area contributed by atoms with E-state index in [1.165, 1.54) is 34.8 Å². The average Bonchev–Trinajstić information content (AvgIpc) is 2.86. The predicted octanol–water partition coefficient (Wildman–Crippen LogP) is 3.63. The smallest absolute Gasteiger partial charge is 0.0928 e. The summed E-state index contributed by atoms with van der Waals surface area (Å²) in [5, 5.41) is 3.47. The molecule has 3 nitrogen and oxygen atoms in total. The van der Waals surface area contributed by atoms with Crippen molar-refractivity contribution in [1.82, 2.24) is 4.98 Å². The molecular weight excluding hydrogens is 266 g/mol. The summed E-state index contributed by atoms with van der Waals surface area (Å²) in [7, 11) is 0. The van der Waals surface area contributed by atoms with Gasteiger partial charge in [0.15, 0.2) is 0 Å². The molecule has 1 aromatic carbocycles. The number of aromatic nitrogens is 1. The molecule has 2 heterocycles. The van der Waals surface area contributed by atoms with Crippen molar-refractivity contribution in [3.05, 3.63) is 39.8 Å². The van der Waals surface area contributed by atoms with E-state index in [0.29, 0.717) is 0 Å². The zero-order valence-electron chi connectivity index (χ0n) is 11.9. The van der Waals surface area contributed by atoms with Gasteiger partial charge in [-0.1, -0.05) is 6.92 Å². The number of fused-ring (bicyclic) bond motifs is 1. The van der Waals surface area contributed by atoms with Crippen molar-refractivity contribution in [2.75, 3.05) is 17.2 Å². The third-order valence-electron chi connectivity index (χ3n) is 3.73. The number of hydrogen-bond donors (Lipinski definition) is 1. The van der Waals surface area contributed by atoms with Crippen molar-refractivity contribution in [3.63, 3.8) is 0 Å². The maximum absolute atomic E-state index is 5.89. The monoisotopic (exact) mass is 287 g/mol. The number of benzene rings is 1. The molecular formula is C16H21N3S. The lowest BCUT2D eigenvalue weighted by atomic mass is 10.0. The van der Waals surface area contributed by atoms with Crippen LogP contribution >= 0.6 is 11.3 Å². The van der Waals surface area contributed by atoms with Gasteiger partial charge in [0.25, 0.3) is 0 Å². The Labute approximate surface area is 124 Å². The molecule has 3 rings (SSSR count). The summed E-state index contributed by atoms with van der Waals surface area (Å²) in [6.45, 7) is 4.22. The molecule has 0 aliphatic carbocycles. The number of aryl methyl sites for hydroxylation is 2. The van der Waals surface area contributed by atoms with E-state index in [9.17, 15) is 0 Å². The molecule has 0 saturated heterocycles. The van der Waals surface area contributed by atoms with E-state index in [1.54, 1.807) is 11.3 Å². The zero-order valence-corrected chi connectivity index (χ0v) is 12.7. The Morgan fingerprint density at radius 3 is 3.15 bits per heavy atom. The molecule has 2 aromatic rings. The molecule has 0 saturated carbocycles. The number of hydrogen-bond acceptors (Lipinski definition) is 4. The maximum atomic E-state index is 5.89. The summed E-state index contributed by atoms with van der Waals surface area (Å²) in [5.41, 5.74) is 10.7. The van der Waals surface area contributed by atoms with Crippen LogP contribution in [0.1, 0.15) is 36.0 Å². The fraction of sp³-hybridized carbons (Fsp3) is 0.438. The highest BCUT2D eigenvalue weighted by Gasteiger charge is 2.18. The van der Waals surface area contributed by atoms with E-state index in [2.05, 4.69) is 29.3 Å². The fourth-order valence-corrected chi connectivity index (χ4v) is 3.70. The Hall–Kier alpha value is -1.55. The summed E-state index contributed by atoms with van der Waals surface area (Å²) < 4.78 is 0. The van der Waals surface area contributed by atoms with Gasteiger partial charge in [-0.2, -0.15) is 0 Å². The minimum absolute atomic E-state index is 0.865. The van der Waals surface area contributed by atoms with Gasteiger partial charge in [0.1, 0.15) is 0 Å². The largest absolute Gasteiger partial charge is 0.399 e. The van der Waals surface area contributed by atoms with Crippen LogP contribution in [0.2, 0.25) is 0 Å². The highest BCUT2D eigenvalue weighted by molar-refractivity contribution is 7.09. The molecule has 0 amide bonds. The Balaban J connectivity index is 1.78. The number of nitrogen functional groups attached to an aromatic ring is 1. The van der Waals surface area contributed by atoms with Gasteiger partial charge in [0.2, 0.25) is 0 Å². The van der Waals surface area contributed by atoms with Crippen LogP contribution in [0.25, 0.3) is 0 Å². The summed E-state index contributed by atoms with van der Waals surface area (Å²) in [6, 6.07) is 6.27. The minimum Gasteiger partial charge on any atom is -0.399 e. The molecule has 1 aromatic heterocycles. The third-order valence-corrected chi connectivity index (χ3v) is 4.69. The maximum Gasteiger partial charge on any atom is 0.0928 e. The number of nitrogens with two attached hydrogens (primary N) is 1. The number of rotatable bonds is 4. The molecule has 4 heteroatoms. The van der Waals surface area contributed by atoms with E-state index in [4.69, 9.17) is 10.7 Å². The summed E-state index contributed by atoms with van der Waals surface area (Å²) in [4.78, 5) is 7.17. The van der Waals surface area contributed by atoms with Crippen molar-refractivity contribution in [3.8, 4) is 0 Å². The van der Waals surface area contributed by atoms with E-state index < -0.39 is 0 Å². The minimum atomic E-state index is 0.865. The molecule has 0 atom stereocenters. The molecule has 0 unspecified atom stereocenters. The van der Waals surface area contributed by atoms with Crippen LogP contribution in [0.15, 0.2) is 23.6 Å². The topological polar surface area (TPSA) is 42.2 Å². The van der Waals surface area contributed by atoms with Gasteiger partial charge in [-0.3, -0.25) is 0 Å². The highest BCUT2D eigenvalue weighted by Crippen LogP contribution is 2.30. The van der Waals surface area contributed by atoms with Crippen LogP contribution < -0.4 is 10.6 Å². The van der Waals surface area contributed by atoms with E-state index in [1.807, 2.05) is 6.07 Å². The number of thiazole rings is 1. The Kier molecular flexibility index (Phi) is 3.92. The Morgan fingerprint density at radius 1 is 1.40 bits per heavy atom. The molecule has 1 aliphatic heterocycles. The van der Waals surface area contributed by atoms with Gasteiger partial charge >= 0.3 is 0 Å². The first-order chi connectivity index (χ1) is 9.76. The van der Waals surface area contributed by atoms with Crippen LogP contribution in [0.4, 0.5) is 11.4 Å². The third kappa shape index (κ3) is 2.80. The number of anilines is 2. The normalized spacial score (nSPS) is 14.3. The molecule has 20 heavy (non-hydrogen) atoms. The molecule has 0 bridgehead atoms. The summed E-state index contributed by atoms with van der Waals surface area (Å²) in [6.07, 6.45) is 4.59. The van der Waals surface area contributed by atoms with Crippen LogP contribution in [0.5, 0.6) is 0 Å². The van der Waals surface area contributed by atoms with Crippen LogP contribution in [-0.2, 0) is 19.4 Å². The second kappa shape index (κ2) is 5.83. The average molecular weight is 287 g/mol. The van der Waals surface area contributed by atoms with Gasteiger partial charge in [0, 0.05) is 23.3 Å². The lowest BCUT2D eigenvalue weighted by molar-refractivity contribution is 0.684. The highest BCUT2D eigenvalue weighted by atomic mass is 32.1. The molecule has 0 spiro atoms. The van der Waals surface area contributed by atoms with E-state index in [-0.39, 0.29) is 0 Å². The van der Waals surface area contributed by atoms with Gasteiger partial charge < -0.3 is 10.6 Å². The first kappa shape index (κ1) is 13.4. The SMILES string of the molecule is CCCc1nc(CN2CCCc3cc(N)ccc32)cs1. The Bertz CT molecular complexity index is 591. The second-order valence-corrected chi connectivity index (χ2v) is 6.34. The lowest BCUT2D eigenvalue weighted by Crippen LogP contribution is -2.29. The van der Waals surface area contributed by atoms with Crippen LogP contribution in [0.3, 0.4) is 0 Å². The van der Waals surface area contributed by atoms with E-state index in [0.717, 1.165) is 31.6 Å². The number of nitrogens with zero attached hydrogens (tertiary/aromatic N) is 2. The molecule has 0 fully saturated rings. The predicted molar refractivity (Wildman–Crippen MR) is 86.3 cm³/mol. The molecule has 2 N–H and O–H groups in total. The van der Waals surface area contributed by atoms with Crippen molar-refractivity contribution < 1.29 is 0 Å². The standard InChI is InChI=1S/C16H21N3S/c1-2-4-16-18-14(11-20-16)10-19-8-3-5-12-9-13(17)6-7-15(12)19/h6-7,9,11H,2-5,8,10,17H2,1H3. The van der Waals surface area contributed by atoms with Crippen LogP contribution in [-0.4, -0.2) is 11.5 Å². The quantitative estimate of drug-likeness (QED) is 0.873. The summed E-state index contributed by atoms with van der Waals surface area (Å²) in [5.74, 6) is 0. The first-order valence-corrected chi connectivity index (χ1v) is 8.21. The molecule has 1 aliphatic rings. The van der Waals surface area contributed by atoms with Gasteiger partial charge in [-0.05, 0) is 49.4 Å². The van der Waals surface area contributed by atoms with Crippen molar-refractivity contribution in [2.24, 2.45) is 0 Å². The second-order valence-electron chi connectivity index (χ2n) is 5.40. The van der Waals surface area contributed by atoms with Gasteiger partial charge in [-0.25, -0.2) is 4.98 Å². The molecule has 0 radical (unpaired) electrons. The lowest BCUT2D eigenvalue weighted by Gasteiger charge is -2.31. The van der Waals surface area contributed by atoms with Gasteiger partial charge in [-0.15, -0.1) is 11.3 Å². The summed E-state index contributed by atoms with van der Waals surface area (Å²) >= 11 is 1.79.